The Morgan fingerprint density at radius 1 is 1.11 bits per heavy atom. The lowest BCUT2D eigenvalue weighted by atomic mass is 9.75. The number of fused-ring (bicyclic) bond motifs is 1. The number of ketones is 1. The van der Waals surface area contributed by atoms with Gasteiger partial charge in [0.2, 0.25) is 6.79 Å². The highest BCUT2D eigenvalue weighted by Crippen LogP contribution is 2.48. The van der Waals surface area contributed by atoms with Crippen LogP contribution in [0.5, 0.6) is 11.5 Å². The molecule has 2 aromatic carbocycles. The van der Waals surface area contributed by atoms with E-state index in [2.05, 4.69) is 0 Å². The fourth-order valence-corrected chi connectivity index (χ4v) is 4.84. The number of hydrogen-bond donors (Lipinski definition) is 1. The second-order valence-electron chi connectivity index (χ2n) is 8.36. The molecule has 182 valence electrons. The molecule has 35 heavy (non-hydrogen) atoms. The van der Waals surface area contributed by atoms with Crippen molar-refractivity contribution in [3.8, 4) is 11.5 Å². The third-order valence-electron chi connectivity index (χ3n) is 6.36. The van der Waals surface area contributed by atoms with Gasteiger partial charge in [-0.25, -0.2) is 4.79 Å². The van der Waals surface area contributed by atoms with Crippen molar-refractivity contribution < 1.29 is 37.0 Å². The lowest BCUT2D eigenvalue weighted by molar-refractivity contribution is -0.138. The van der Waals surface area contributed by atoms with E-state index in [4.69, 9.17) is 19.9 Å². The van der Waals surface area contributed by atoms with Gasteiger partial charge in [-0.15, -0.1) is 0 Å². The number of methoxy groups -OCH3 is 1. The molecular formula is C25H21F3N2O5. The Balaban J connectivity index is 1.74. The summed E-state index contributed by atoms with van der Waals surface area (Å²) in [6, 6.07) is 9.68. The Morgan fingerprint density at radius 2 is 1.89 bits per heavy atom. The average molecular weight is 486 g/mol. The maximum absolute atomic E-state index is 13.5. The number of benzene rings is 2. The molecule has 2 aliphatic heterocycles. The van der Waals surface area contributed by atoms with Crippen molar-refractivity contribution >= 4 is 17.4 Å². The molecule has 1 aliphatic carbocycles. The second kappa shape index (κ2) is 8.37. The van der Waals surface area contributed by atoms with E-state index in [1.54, 1.807) is 18.2 Å². The minimum atomic E-state index is -4.58. The summed E-state index contributed by atoms with van der Waals surface area (Å²) in [4.78, 5) is 27.7. The van der Waals surface area contributed by atoms with Gasteiger partial charge in [-0.3, -0.25) is 9.69 Å². The molecule has 0 amide bonds. The predicted molar refractivity (Wildman–Crippen MR) is 118 cm³/mol. The molecule has 3 aliphatic rings. The minimum absolute atomic E-state index is 0.0298. The molecule has 1 atom stereocenters. The third-order valence-corrected chi connectivity index (χ3v) is 6.36. The van der Waals surface area contributed by atoms with Crippen molar-refractivity contribution in [3.63, 3.8) is 0 Å². The van der Waals surface area contributed by atoms with E-state index in [-0.39, 0.29) is 36.1 Å². The van der Waals surface area contributed by atoms with E-state index >= 15 is 0 Å². The molecule has 2 heterocycles. The summed E-state index contributed by atoms with van der Waals surface area (Å²) in [7, 11) is 1.18. The first kappa shape index (κ1) is 22.8. The Morgan fingerprint density at radius 3 is 2.63 bits per heavy atom. The first-order valence-corrected chi connectivity index (χ1v) is 10.9. The zero-order chi connectivity index (χ0) is 24.9. The maximum atomic E-state index is 13.5. The van der Waals surface area contributed by atoms with Crippen molar-refractivity contribution in [3.05, 3.63) is 76.3 Å². The average Bonchev–Trinajstić information content (AvgIpc) is 3.30. The first-order valence-electron chi connectivity index (χ1n) is 10.9. The van der Waals surface area contributed by atoms with Crippen LogP contribution in [0.15, 0.2) is 65.1 Å². The van der Waals surface area contributed by atoms with Crippen LogP contribution in [-0.2, 0) is 20.5 Å². The highest BCUT2D eigenvalue weighted by atomic mass is 19.4. The number of halogens is 3. The van der Waals surface area contributed by atoms with E-state index in [1.165, 1.54) is 24.1 Å². The fourth-order valence-electron chi connectivity index (χ4n) is 4.84. The van der Waals surface area contributed by atoms with Crippen molar-refractivity contribution in [1.29, 1.82) is 0 Å². The third kappa shape index (κ3) is 3.78. The van der Waals surface area contributed by atoms with Gasteiger partial charge in [0.1, 0.15) is 5.82 Å². The van der Waals surface area contributed by atoms with Gasteiger partial charge in [0.05, 0.1) is 24.2 Å². The number of esters is 1. The number of hydrogen-bond acceptors (Lipinski definition) is 7. The van der Waals surface area contributed by atoms with Crippen LogP contribution in [0.2, 0.25) is 0 Å². The topological polar surface area (TPSA) is 91.1 Å². The summed E-state index contributed by atoms with van der Waals surface area (Å²) in [6.45, 7) is 0.0431. The lowest BCUT2D eigenvalue weighted by Gasteiger charge is -2.40. The molecule has 0 saturated carbocycles. The molecule has 0 saturated heterocycles. The standard InChI is InChI=1S/C25H21F3N2O5/c1-33-24(32)22-20(13-8-9-18-19(10-13)35-12-34-18)21-16(6-3-7-17(21)31)30(23(22)29)15-5-2-4-14(11-15)25(26,27)28/h2,4-5,8-11,20H,3,6-7,12,29H2,1H3/t20-/m1/s1. The molecule has 0 bridgehead atoms. The van der Waals surface area contributed by atoms with Crippen LogP contribution in [0.4, 0.5) is 18.9 Å². The Labute approximate surface area is 198 Å². The van der Waals surface area contributed by atoms with E-state index in [9.17, 15) is 22.8 Å². The summed E-state index contributed by atoms with van der Waals surface area (Å²) in [5, 5.41) is 0. The van der Waals surface area contributed by atoms with Gasteiger partial charge in [-0.05, 0) is 48.7 Å². The zero-order valence-corrected chi connectivity index (χ0v) is 18.6. The van der Waals surface area contributed by atoms with Crippen molar-refractivity contribution in [2.75, 3.05) is 18.8 Å². The van der Waals surface area contributed by atoms with Crippen molar-refractivity contribution in [2.24, 2.45) is 5.73 Å². The van der Waals surface area contributed by atoms with Crippen LogP contribution in [0.3, 0.4) is 0 Å². The van der Waals surface area contributed by atoms with Crippen LogP contribution in [-0.4, -0.2) is 25.7 Å². The SMILES string of the molecule is COC(=O)C1=C(N)N(c2cccc(C(F)(F)F)c2)C2=C(C(=O)CCC2)[C@H]1c1ccc2c(c1)OCO2. The van der Waals surface area contributed by atoms with E-state index in [0.717, 1.165) is 12.1 Å². The number of carbonyl (C=O) groups excluding carboxylic acids is 2. The van der Waals surface area contributed by atoms with Crippen LogP contribution in [0, 0.1) is 0 Å². The number of carbonyl (C=O) groups is 2. The summed E-state index contributed by atoms with van der Waals surface area (Å²) in [6.07, 6.45) is -3.44. The number of nitrogens with two attached hydrogens (primary N) is 1. The monoisotopic (exact) mass is 486 g/mol. The van der Waals surface area contributed by atoms with Crippen LogP contribution in [0.25, 0.3) is 0 Å². The van der Waals surface area contributed by atoms with Gasteiger partial charge in [-0.1, -0.05) is 12.1 Å². The molecule has 10 heteroatoms. The number of Topliss-reactive ketones (excluding diaryl/α,β-unsaturated/α-hetero) is 1. The number of ether oxygens (including phenoxy) is 3. The molecule has 0 spiro atoms. The molecule has 2 aromatic rings. The van der Waals surface area contributed by atoms with Gasteiger partial charge >= 0.3 is 12.1 Å². The highest BCUT2D eigenvalue weighted by Gasteiger charge is 2.43. The van der Waals surface area contributed by atoms with Gasteiger partial charge in [-0.2, -0.15) is 13.2 Å². The second-order valence-corrected chi connectivity index (χ2v) is 8.36. The van der Waals surface area contributed by atoms with E-state index in [0.29, 0.717) is 41.2 Å². The van der Waals surface area contributed by atoms with Crippen molar-refractivity contribution in [2.45, 2.75) is 31.4 Å². The van der Waals surface area contributed by atoms with E-state index in [1.807, 2.05) is 0 Å². The molecule has 2 N–H and O–H groups in total. The van der Waals surface area contributed by atoms with Crippen LogP contribution in [0.1, 0.15) is 36.3 Å². The molecule has 5 rings (SSSR count). The number of alkyl halides is 3. The summed E-state index contributed by atoms with van der Waals surface area (Å²) < 4.78 is 56.2. The molecule has 0 radical (unpaired) electrons. The van der Waals surface area contributed by atoms with E-state index < -0.39 is 23.6 Å². The smallest absolute Gasteiger partial charge is 0.416 e. The number of nitrogens with zero attached hydrogens (tertiary/aromatic N) is 1. The lowest BCUT2D eigenvalue weighted by Crippen LogP contribution is -2.41. The fraction of sp³-hybridized carbons (Fsp3) is 0.280. The zero-order valence-electron chi connectivity index (χ0n) is 18.6. The highest BCUT2D eigenvalue weighted by molar-refractivity contribution is 6.05. The first-order chi connectivity index (χ1) is 16.7. The maximum Gasteiger partial charge on any atom is 0.416 e. The van der Waals surface area contributed by atoms with Crippen LogP contribution < -0.4 is 20.1 Å². The van der Waals surface area contributed by atoms with Gasteiger partial charge in [0.15, 0.2) is 17.3 Å². The summed E-state index contributed by atoms with van der Waals surface area (Å²) in [5.41, 5.74) is 7.04. The molecule has 0 aromatic heterocycles. The largest absolute Gasteiger partial charge is 0.466 e. The van der Waals surface area contributed by atoms with Crippen molar-refractivity contribution in [1.82, 2.24) is 0 Å². The minimum Gasteiger partial charge on any atom is -0.466 e. The molecule has 7 nitrogen and oxygen atoms in total. The normalized spacial score (nSPS) is 19.7. The molecule has 0 fully saturated rings. The Hall–Kier alpha value is -3.95. The summed E-state index contributed by atoms with van der Waals surface area (Å²) >= 11 is 0. The number of allylic oxidation sites excluding steroid dienone is 2. The van der Waals surface area contributed by atoms with Gasteiger partial charge in [0.25, 0.3) is 0 Å². The molecular weight excluding hydrogens is 465 g/mol. The van der Waals surface area contributed by atoms with Crippen LogP contribution >= 0.6 is 0 Å². The van der Waals surface area contributed by atoms with Gasteiger partial charge < -0.3 is 19.9 Å². The number of anilines is 1. The van der Waals surface area contributed by atoms with Gasteiger partial charge in [0, 0.05) is 23.4 Å². The predicted octanol–water partition coefficient (Wildman–Crippen LogP) is 4.39. The Kier molecular flexibility index (Phi) is 5.46. The quantitative estimate of drug-likeness (QED) is 0.644. The molecule has 0 unspecified atom stereocenters. The summed E-state index contributed by atoms with van der Waals surface area (Å²) in [5.74, 6) is -0.979. The number of rotatable bonds is 3. The Bertz CT molecular complexity index is 1300.